The van der Waals surface area contributed by atoms with E-state index in [1.165, 1.54) is 30.3 Å². The van der Waals surface area contributed by atoms with E-state index in [0.717, 1.165) is 24.3 Å². The Morgan fingerprint density at radius 3 is 2.14 bits per heavy atom. The van der Waals surface area contributed by atoms with E-state index in [9.17, 15) is 26.3 Å². The number of nitrogens with zero attached hydrogens (tertiary/aromatic N) is 1. The van der Waals surface area contributed by atoms with Gasteiger partial charge in [0.05, 0.1) is 5.56 Å². The molecule has 0 aliphatic rings. The van der Waals surface area contributed by atoms with Crippen molar-refractivity contribution in [3.63, 3.8) is 0 Å². The Balaban J connectivity index is 1.90. The summed E-state index contributed by atoms with van der Waals surface area (Å²) in [5.41, 5.74) is -1.37. The third-order valence-corrected chi connectivity index (χ3v) is 3.78. The zero-order valence-corrected chi connectivity index (χ0v) is 14.6. The van der Waals surface area contributed by atoms with E-state index in [1.54, 1.807) is 6.07 Å². The molecule has 0 saturated heterocycles. The van der Waals surface area contributed by atoms with E-state index in [4.69, 9.17) is 9.68 Å². The standard InChI is InChI=1S/C20H13F6NO2/c21-14-8-10-15(11-9-14)27(28-12-13-4-1-2-6-17(13)22)29-18-7-3-5-16(19(18)23)20(24,25)26/h1-11H,12H2/q+1. The SMILES string of the molecule is Fc1ccc([N+](OCc2ccccc2F)Oc2cccc(C(F)(F)F)c2F)cc1. The summed E-state index contributed by atoms with van der Waals surface area (Å²) < 4.78 is 80.1. The average Bonchev–Trinajstić information content (AvgIpc) is 2.67. The van der Waals surface area contributed by atoms with E-state index >= 15 is 0 Å². The highest BCUT2D eigenvalue weighted by Crippen LogP contribution is 2.35. The Labute approximate surface area is 161 Å². The van der Waals surface area contributed by atoms with Crippen LogP contribution in [0.3, 0.4) is 0 Å². The van der Waals surface area contributed by atoms with Crippen molar-refractivity contribution in [3.8, 4) is 5.75 Å². The first-order valence-electron chi connectivity index (χ1n) is 8.21. The molecule has 151 valence electrons. The summed E-state index contributed by atoms with van der Waals surface area (Å²) in [5, 5.41) is 0.588. The van der Waals surface area contributed by atoms with Crippen LogP contribution >= 0.6 is 0 Å². The average molecular weight is 413 g/mol. The fourth-order valence-corrected chi connectivity index (χ4v) is 2.35. The molecular formula is C20H13F6NO2+. The first kappa shape index (κ1) is 20.7. The van der Waals surface area contributed by atoms with Crippen molar-refractivity contribution >= 4 is 5.69 Å². The third-order valence-electron chi connectivity index (χ3n) is 3.78. The number of benzene rings is 3. The zero-order valence-electron chi connectivity index (χ0n) is 14.6. The highest BCUT2D eigenvalue weighted by molar-refractivity contribution is 5.38. The van der Waals surface area contributed by atoms with E-state index in [-0.39, 0.29) is 17.9 Å². The molecule has 9 heteroatoms. The second-order valence-electron chi connectivity index (χ2n) is 5.81. The minimum Gasteiger partial charge on any atom is -0.211 e. The van der Waals surface area contributed by atoms with Gasteiger partial charge in [-0.1, -0.05) is 29.1 Å². The summed E-state index contributed by atoms with van der Waals surface area (Å²) in [7, 11) is 0. The molecule has 0 spiro atoms. The lowest BCUT2D eigenvalue weighted by Crippen LogP contribution is -2.29. The maximum Gasteiger partial charge on any atom is 0.419 e. The molecule has 3 aromatic carbocycles. The van der Waals surface area contributed by atoms with Gasteiger partial charge in [0.25, 0.3) is 5.69 Å². The molecule has 0 N–H and O–H groups in total. The van der Waals surface area contributed by atoms with Crippen molar-refractivity contribution in [2.75, 3.05) is 0 Å². The lowest BCUT2D eigenvalue weighted by atomic mass is 10.2. The lowest BCUT2D eigenvalue weighted by Gasteiger charge is -2.11. The summed E-state index contributed by atoms with van der Waals surface area (Å²) in [5.74, 6) is -3.61. The van der Waals surface area contributed by atoms with Crippen LogP contribution in [-0.2, 0) is 17.6 Å². The largest absolute Gasteiger partial charge is 0.419 e. The summed E-state index contributed by atoms with van der Waals surface area (Å²) in [6, 6.07) is 12.6. The summed E-state index contributed by atoms with van der Waals surface area (Å²) in [6.07, 6.45) is -4.93. The molecule has 0 aliphatic carbocycles. The molecule has 29 heavy (non-hydrogen) atoms. The van der Waals surface area contributed by atoms with E-state index < -0.39 is 34.9 Å². The van der Waals surface area contributed by atoms with Gasteiger partial charge >= 0.3 is 6.18 Å². The van der Waals surface area contributed by atoms with Crippen LogP contribution in [0.2, 0.25) is 0 Å². The summed E-state index contributed by atoms with van der Waals surface area (Å²) in [6.45, 7) is -0.384. The van der Waals surface area contributed by atoms with Crippen molar-refractivity contribution < 1.29 is 36.0 Å². The molecule has 0 aromatic heterocycles. The van der Waals surface area contributed by atoms with E-state index in [2.05, 4.69) is 0 Å². The second-order valence-corrected chi connectivity index (χ2v) is 5.81. The van der Waals surface area contributed by atoms with Gasteiger partial charge in [-0.15, -0.1) is 0 Å². The predicted molar refractivity (Wildman–Crippen MR) is 91.4 cm³/mol. The van der Waals surface area contributed by atoms with Crippen LogP contribution in [0.25, 0.3) is 0 Å². The van der Waals surface area contributed by atoms with Crippen LogP contribution in [0.1, 0.15) is 11.1 Å². The van der Waals surface area contributed by atoms with Crippen LogP contribution in [-0.4, -0.2) is 0 Å². The highest BCUT2D eigenvalue weighted by Gasteiger charge is 2.37. The van der Waals surface area contributed by atoms with Crippen LogP contribution in [0.5, 0.6) is 5.75 Å². The first-order chi connectivity index (χ1) is 13.8. The molecule has 0 heterocycles. The number of alkyl halides is 3. The van der Waals surface area contributed by atoms with Crippen molar-refractivity contribution in [2.45, 2.75) is 12.8 Å². The van der Waals surface area contributed by atoms with Gasteiger partial charge in [0.2, 0.25) is 11.0 Å². The van der Waals surface area contributed by atoms with Crippen molar-refractivity contribution in [1.29, 1.82) is 0 Å². The smallest absolute Gasteiger partial charge is 0.211 e. The molecule has 3 aromatic rings. The maximum absolute atomic E-state index is 14.3. The third kappa shape index (κ3) is 5.07. The predicted octanol–water partition coefficient (Wildman–Crippen LogP) is 6.02. The molecule has 0 unspecified atom stereocenters. The Morgan fingerprint density at radius 1 is 0.793 bits per heavy atom. The minimum absolute atomic E-state index is 0.0413. The van der Waals surface area contributed by atoms with E-state index in [0.29, 0.717) is 11.3 Å². The Morgan fingerprint density at radius 2 is 1.48 bits per heavy atom. The van der Waals surface area contributed by atoms with Crippen LogP contribution in [0, 0.1) is 17.5 Å². The van der Waals surface area contributed by atoms with Crippen LogP contribution in [0.15, 0.2) is 66.7 Å². The van der Waals surface area contributed by atoms with Crippen molar-refractivity contribution in [1.82, 2.24) is 5.23 Å². The quantitative estimate of drug-likeness (QED) is 0.365. The Kier molecular flexibility index (Phi) is 6.09. The van der Waals surface area contributed by atoms with E-state index in [1.807, 2.05) is 0 Å². The number of hydrogen-bond donors (Lipinski definition) is 0. The summed E-state index contributed by atoms with van der Waals surface area (Å²) >= 11 is 0. The molecule has 3 rings (SSSR count). The number of rotatable bonds is 6. The monoisotopic (exact) mass is 413 g/mol. The Hall–Kier alpha value is -3.04. The lowest BCUT2D eigenvalue weighted by molar-refractivity contribution is -0.196. The van der Waals surface area contributed by atoms with Gasteiger partial charge in [-0.3, -0.25) is 0 Å². The molecule has 0 amide bonds. The molecule has 0 bridgehead atoms. The van der Waals surface area contributed by atoms with Gasteiger partial charge < -0.3 is 0 Å². The van der Waals surface area contributed by atoms with Gasteiger partial charge in [0.15, 0.2) is 5.82 Å². The molecule has 1 radical (unpaired) electrons. The fourth-order valence-electron chi connectivity index (χ4n) is 2.35. The summed E-state index contributed by atoms with van der Waals surface area (Å²) in [4.78, 5) is 10.5. The van der Waals surface area contributed by atoms with Crippen molar-refractivity contribution in [3.05, 3.63) is 95.3 Å². The van der Waals surface area contributed by atoms with Gasteiger partial charge in [-0.05, 0) is 30.3 Å². The zero-order chi connectivity index (χ0) is 21.0. The Bertz CT molecular complexity index is 975. The molecule has 0 aliphatic heterocycles. The number of hydrogen-bond acceptors (Lipinski definition) is 3. The normalized spacial score (nSPS) is 11.7. The van der Waals surface area contributed by atoms with Gasteiger partial charge in [-0.2, -0.15) is 13.2 Å². The molecule has 0 fully saturated rings. The van der Waals surface area contributed by atoms with Crippen LogP contribution < -0.4 is 10.1 Å². The minimum atomic E-state index is -4.93. The van der Waals surface area contributed by atoms with Gasteiger partial charge in [0.1, 0.15) is 18.2 Å². The topological polar surface area (TPSA) is 24.4 Å². The fraction of sp³-hybridized carbons (Fsp3) is 0.100. The molecule has 0 atom stereocenters. The first-order valence-corrected chi connectivity index (χ1v) is 8.21. The number of halogens is 6. The highest BCUT2D eigenvalue weighted by atomic mass is 19.4. The number of anilines is 1. The van der Waals surface area contributed by atoms with Gasteiger partial charge in [-0.25, -0.2) is 18.0 Å². The second kappa shape index (κ2) is 8.54. The molecular weight excluding hydrogens is 400 g/mol. The molecule has 0 saturated carbocycles. The van der Waals surface area contributed by atoms with Crippen LogP contribution in [0.4, 0.5) is 32.0 Å². The van der Waals surface area contributed by atoms with Crippen molar-refractivity contribution in [2.24, 2.45) is 0 Å². The van der Waals surface area contributed by atoms with Gasteiger partial charge in [0, 0.05) is 17.7 Å². The molecule has 3 nitrogen and oxygen atoms in total. The maximum atomic E-state index is 14.3.